The number of carbonyl (C=O) groups excluding carboxylic acids is 2. The summed E-state index contributed by atoms with van der Waals surface area (Å²) < 4.78 is 0.560. The van der Waals surface area contributed by atoms with Gasteiger partial charge in [-0.2, -0.15) is 0 Å². The van der Waals surface area contributed by atoms with Crippen molar-refractivity contribution in [2.45, 2.75) is 6.92 Å². The fourth-order valence-electron chi connectivity index (χ4n) is 1.60. The largest absolute Gasteiger partial charge is 0.316 e. The number of ketones is 1. The van der Waals surface area contributed by atoms with Gasteiger partial charge in [-0.1, -0.05) is 0 Å². The number of nitrogens with zero attached hydrogens (tertiary/aromatic N) is 1. The molecule has 0 heterocycles. The molecule has 1 aliphatic rings. The normalized spacial score (nSPS) is 13.4. The molecule has 0 radical (unpaired) electrons. The fraction of sp³-hybridized carbons (Fsp3) is 0.167. The number of amides is 1. The minimum absolute atomic E-state index is 0.00738. The van der Waals surface area contributed by atoms with Crippen LogP contribution in [0.3, 0.4) is 0 Å². The number of benzene rings is 1. The van der Waals surface area contributed by atoms with E-state index in [0.717, 1.165) is 11.3 Å². The van der Waals surface area contributed by atoms with Gasteiger partial charge < -0.3 is 4.90 Å². The first-order valence-electron chi connectivity index (χ1n) is 4.81. The van der Waals surface area contributed by atoms with Gasteiger partial charge in [-0.3, -0.25) is 9.59 Å². The van der Waals surface area contributed by atoms with Crippen LogP contribution in [0.15, 0.2) is 22.7 Å². The monoisotopic (exact) mass is 279 g/mol. The Morgan fingerprint density at radius 1 is 1.38 bits per heavy atom. The van der Waals surface area contributed by atoms with Gasteiger partial charge in [-0.15, -0.1) is 0 Å². The molecule has 0 bridgehead atoms. The van der Waals surface area contributed by atoms with E-state index in [-0.39, 0.29) is 11.7 Å². The first-order valence-corrected chi connectivity index (χ1v) is 5.60. The van der Waals surface area contributed by atoms with Crippen LogP contribution in [0.4, 0.5) is 5.69 Å². The summed E-state index contributed by atoms with van der Waals surface area (Å²) in [6.45, 7) is 1.50. The maximum atomic E-state index is 11.6. The van der Waals surface area contributed by atoms with Crippen LogP contribution in [-0.2, 0) is 4.79 Å². The molecular formula is C12H10BrNO2. The van der Waals surface area contributed by atoms with Crippen LogP contribution in [0.1, 0.15) is 22.8 Å². The summed E-state index contributed by atoms with van der Waals surface area (Å²) in [7, 11) is 1.71. The van der Waals surface area contributed by atoms with E-state index in [1.165, 1.54) is 6.92 Å². The van der Waals surface area contributed by atoms with Crippen LogP contribution in [0.25, 0.3) is 6.08 Å². The molecule has 1 amide bonds. The Hall–Kier alpha value is -1.42. The van der Waals surface area contributed by atoms with E-state index in [1.54, 1.807) is 30.2 Å². The fourth-order valence-corrected chi connectivity index (χ4v) is 2.06. The summed E-state index contributed by atoms with van der Waals surface area (Å²) in [5.74, 6) is -0.0423. The summed E-state index contributed by atoms with van der Waals surface area (Å²) >= 11 is 3.21. The van der Waals surface area contributed by atoms with E-state index < -0.39 is 0 Å². The second-order valence-corrected chi connectivity index (χ2v) is 4.53. The molecule has 0 fully saturated rings. The van der Waals surface area contributed by atoms with Gasteiger partial charge in [0.05, 0.1) is 4.48 Å². The number of Topliss-reactive ketones (excluding diaryl/α,β-unsaturated/α-hetero) is 1. The summed E-state index contributed by atoms with van der Waals surface area (Å²) in [4.78, 5) is 24.4. The van der Waals surface area contributed by atoms with E-state index in [0.29, 0.717) is 10.0 Å². The highest BCUT2D eigenvalue weighted by molar-refractivity contribution is 9.12. The molecule has 82 valence electrons. The molecule has 0 saturated carbocycles. The van der Waals surface area contributed by atoms with Gasteiger partial charge in [0.25, 0.3) is 0 Å². The molecule has 4 heteroatoms. The molecule has 0 atom stereocenters. The van der Waals surface area contributed by atoms with Crippen LogP contribution >= 0.6 is 15.9 Å². The van der Waals surface area contributed by atoms with Crippen molar-refractivity contribution in [1.82, 2.24) is 0 Å². The summed E-state index contributed by atoms with van der Waals surface area (Å²) in [6.07, 6.45) is 1.77. The lowest BCUT2D eigenvalue weighted by molar-refractivity contribution is -0.116. The van der Waals surface area contributed by atoms with Crippen molar-refractivity contribution >= 4 is 39.4 Å². The van der Waals surface area contributed by atoms with Crippen LogP contribution in [-0.4, -0.2) is 18.7 Å². The SMILES string of the molecule is CC(=O)N(C)c1ccc2c(c1)C=C(Br)C2=O. The van der Waals surface area contributed by atoms with Crippen molar-refractivity contribution in [2.75, 3.05) is 11.9 Å². The van der Waals surface area contributed by atoms with E-state index in [9.17, 15) is 9.59 Å². The standard InChI is InChI=1S/C12H10BrNO2/c1-7(15)14(2)9-3-4-10-8(5-9)6-11(13)12(10)16/h3-6H,1-2H3. The van der Waals surface area contributed by atoms with E-state index in [4.69, 9.17) is 0 Å². The first kappa shape index (κ1) is 11.1. The number of fused-ring (bicyclic) bond motifs is 1. The maximum Gasteiger partial charge on any atom is 0.223 e. The predicted molar refractivity (Wildman–Crippen MR) is 66.8 cm³/mol. The molecule has 1 aromatic carbocycles. The molecule has 0 spiro atoms. The van der Waals surface area contributed by atoms with Gasteiger partial charge in [0.15, 0.2) is 0 Å². The quantitative estimate of drug-likeness (QED) is 0.793. The summed E-state index contributed by atoms with van der Waals surface area (Å²) in [5, 5.41) is 0. The van der Waals surface area contributed by atoms with Crippen LogP contribution in [0.2, 0.25) is 0 Å². The Morgan fingerprint density at radius 2 is 2.06 bits per heavy atom. The second kappa shape index (κ2) is 3.87. The Bertz CT molecular complexity index is 520. The van der Waals surface area contributed by atoms with Crippen LogP contribution in [0.5, 0.6) is 0 Å². The Labute approximate surface area is 102 Å². The number of rotatable bonds is 1. The minimum Gasteiger partial charge on any atom is -0.316 e. The van der Waals surface area contributed by atoms with Gasteiger partial charge in [-0.25, -0.2) is 0 Å². The van der Waals surface area contributed by atoms with Crippen molar-refractivity contribution < 1.29 is 9.59 Å². The van der Waals surface area contributed by atoms with Gasteiger partial charge in [0, 0.05) is 25.2 Å². The van der Waals surface area contributed by atoms with Gasteiger partial charge in [0.2, 0.25) is 11.7 Å². The molecule has 0 aromatic heterocycles. The molecule has 0 unspecified atom stereocenters. The lowest BCUT2D eigenvalue weighted by Crippen LogP contribution is -2.22. The average molecular weight is 280 g/mol. The molecule has 3 nitrogen and oxygen atoms in total. The van der Waals surface area contributed by atoms with Crippen molar-refractivity contribution in [3.8, 4) is 0 Å². The number of anilines is 1. The summed E-state index contributed by atoms with van der Waals surface area (Å²) in [6, 6.07) is 5.36. The zero-order chi connectivity index (χ0) is 11.9. The first-order chi connectivity index (χ1) is 7.50. The van der Waals surface area contributed by atoms with Crippen molar-refractivity contribution in [3.05, 3.63) is 33.8 Å². The molecule has 1 aromatic rings. The number of allylic oxidation sites excluding steroid dienone is 1. The minimum atomic E-state index is -0.0349. The number of halogens is 1. The highest BCUT2D eigenvalue weighted by Crippen LogP contribution is 2.31. The Balaban J connectivity index is 2.46. The van der Waals surface area contributed by atoms with Crippen molar-refractivity contribution in [3.63, 3.8) is 0 Å². The van der Waals surface area contributed by atoms with Crippen molar-refractivity contribution in [1.29, 1.82) is 0 Å². The number of carbonyl (C=O) groups is 2. The van der Waals surface area contributed by atoms with Gasteiger partial charge in [0.1, 0.15) is 0 Å². The zero-order valence-corrected chi connectivity index (χ0v) is 10.5. The zero-order valence-electron chi connectivity index (χ0n) is 8.95. The Morgan fingerprint density at radius 3 is 2.69 bits per heavy atom. The predicted octanol–water partition coefficient (Wildman–Crippen LogP) is 2.60. The third-order valence-corrected chi connectivity index (χ3v) is 3.23. The maximum absolute atomic E-state index is 11.6. The molecule has 0 N–H and O–H groups in total. The molecule has 1 aliphatic carbocycles. The molecule has 16 heavy (non-hydrogen) atoms. The highest BCUT2D eigenvalue weighted by Gasteiger charge is 2.21. The third kappa shape index (κ3) is 1.69. The smallest absolute Gasteiger partial charge is 0.223 e. The lowest BCUT2D eigenvalue weighted by atomic mass is 10.1. The Kier molecular flexibility index (Phi) is 2.68. The molecule has 2 rings (SSSR count). The van der Waals surface area contributed by atoms with Gasteiger partial charge in [-0.05, 0) is 45.8 Å². The van der Waals surface area contributed by atoms with Gasteiger partial charge >= 0.3 is 0 Å². The van der Waals surface area contributed by atoms with Crippen LogP contribution in [0, 0.1) is 0 Å². The highest BCUT2D eigenvalue weighted by atomic mass is 79.9. The van der Waals surface area contributed by atoms with Crippen LogP contribution < -0.4 is 4.90 Å². The average Bonchev–Trinajstić information content (AvgIpc) is 2.53. The van der Waals surface area contributed by atoms with E-state index in [1.807, 2.05) is 6.07 Å². The number of hydrogen-bond donors (Lipinski definition) is 0. The molecular weight excluding hydrogens is 270 g/mol. The topological polar surface area (TPSA) is 37.4 Å². The van der Waals surface area contributed by atoms with Crippen molar-refractivity contribution in [2.24, 2.45) is 0 Å². The second-order valence-electron chi connectivity index (χ2n) is 3.67. The molecule has 0 saturated heterocycles. The molecule has 0 aliphatic heterocycles. The lowest BCUT2D eigenvalue weighted by Gasteiger charge is -2.15. The number of hydrogen-bond acceptors (Lipinski definition) is 2. The summed E-state index contributed by atoms with van der Waals surface area (Å²) in [5.41, 5.74) is 2.31. The van der Waals surface area contributed by atoms with E-state index in [2.05, 4.69) is 15.9 Å². The third-order valence-electron chi connectivity index (χ3n) is 2.64. The van der Waals surface area contributed by atoms with E-state index >= 15 is 0 Å².